The number of benzene rings is 2. The van der Waals surface area contributed by atoms with Crippen molar-refractivity contribution in [1.29, 1.82) is 0 Å². The molecule has 2 aromatic carbocycles. The first-order chi connectivity index (χ1) is 12.2. The first-order valence-electron chi connectivity index (χ1n) is 8.26. The lowest BCUT2D eigenvalue weighted by atomic mass is 10.1. The summed E-state index contributed by atoms with van der Waals surface area (Å²) >= 11 is 1.70. The monoisotopic (exact) mass is 394 g/mol. The maximum absolute atomic E-state index is 12.0. The van der Waals surface area contributed by atoms with Crippen LogP contribution in [0, 0.1) is 0 Å². The second kappa shape index (κ2) is 10.4. The van der Waals surface area contributed by atoms with Gasteiger partial charge in [0, 0.05) is 18.2 Å². The lowest BCUT2D eigenvalue weighted by Gasteiger charge is -2.16. The van der Waals surface area contributed by atoms with E-state index in [1.165, 1.54) is 0 Å². The van der Waals surface area contributed by atoms with Crippen molar-refractivity contribution < 1.29 is 14.6 Å². The number of aliphatic hydroxyl groups excluding tert-OH is 1. The van der Waals surface area contributed by atoms with E-state index in [9.17, 15) is 9.90 Å². The number of halogens is 1. The zero-order valence-corrected chi connectivity index (χ0v) is 15.9. The standard InChI is InChI=1S/C19H22N2O3S.ClH/c22-18(10-20-19(23)17-12-25-13-21-17)15-7-4-8-16(9-15)24-11-14-5-2-1-3-6-14;/h1-9,17-18,21-22H,10-13H2,(H,20,23);1H. The molecule has 0 radical (unpaired) electrons. The molecule has 2 aromatic rings. The van der Waals surface area contributed by atoms with Gasteiger partial charge >= 0.3 is 0 Å². The van der Waals surface area contributed by atoms with Gasteiger partial charge in [0.05, 0.1) is 12.1 Å². The molecule has 26 heavy (non-hydrogen) atoms. The van der Waals surface area contributed by atoms with Gasteiger partial charge in [-0.15, -0.1) is 24.2 Å². The van der Waals surface area contributed by atoms with Crippen molar-refractivity contribution in [3.8, 4) is 5.75 Å². The normalized spacial score (nSPS) is 17.2. The van der Waals surface area contributed by atoms with Crippen LogP contribution in [0.15, 0.2) is 54.6 Å². The Kier molecular flexibility index (Phi) is 8.25. The van der Waals surface area contributed by atoms with Crippen molar-refractivity contribution in [2.45, 2.75) is 18.8 Å². The molecule has 1 aliphatic rings. The van der Waals surface area contributed by atoms with Crippen molar-refractivity contribution in [2.24, 2.45) is 0 Å². The number of amides is 1. The fourth-order valence-electron chi connectivity index (χ4n) is 2.55. The molecule has 0 saturated carbocycles. The van der Waals surface area contributed by atoms with Crippen molar-refractivity contribution in [2.75, 3.05) is 18.2 Å². The number of hydrogen-bond acceptors (Lipinski definition) is 5. The van der Waals surface area contributed by atoms with E-state index in [-0.39, 0.29) is 30.9 Å². The van der Waals surface area contributed by atoms with Crippen LogP contribution in [0.1, 0.15) is 17.2 Å². The molecule has 1 aliphatic heterocycles. The molecule has 1 fully saturated rings. The van der Waals surface area contributed by atoms with E-state index < -0.39 is 6.10 Å². The van der Waals surface area contributed by atoms with Gasteiger partial charge in [-0.25, -0.2) is 0 Å². The van der Waals surface area contributed by atoms with Crippen LogP contribution in [0.4, 0.5) is 0 Å². The number of nitrogens with one attached hydrogen (secondary N) is 2. The SMILES string of the molecule is Cl.O=C(NCC(O)c1cccc(OCc2ccccc2)c1)C1CSCN1. The Bertz CT molecular complexity index is 696. The van der Waals surface area contributed by atoms with E-state index in [1.807, 2.05) is 54.6 Å². The van der Waals surface area contributed by atoms with Crippen LogP contribution >= 0.6 is 24.2 Å². The summed E-state index contributed by atoms with van der Waals surface area (Å²) < 4.78 is 5.78. The minimum absolute atomic E-state index is 0. The molecule has 0 aromatic heterocycles. The summed E-state index contributed by atoms with van der Waals surface area (Å²) in [6, 6.07) is 17.1. The number of carbonyl (C=O) groups excluding carboxylic acids is 1. The van der Waals surface area contributed by atoms with E-state index >= 15 is 0 Å². The number of rotatable bonds is 7. The molecule has 0 spiro atoms. The average molecular weight is 395 g/mol. The van der Waals surface area contributed by atoms with E-state index in [0.717, 1.165) is 22.8 Å². The summed E-state index contributed by atoms with van der Waals surface area (Å²) in [4.78, 5) is 12.0. The van der Waals surface area contributed by atoms with Gasteiger partial charge in [-0.2, -0.15) is 0 Å². The fraction of sp³-hybridized carbons (Fsp3) is 0.316. The van der Waals surface area contributed by atoms with Crippen LogP contribution in [0.5, 0.6) is 5.75 Å². The maximum Gasteiger partial charge on any atom is 0.238 e. The van der Waals surface area contributed by atoms with Gasteiger partial charge in [0.25, 0.3) is 0 Å². The molecule has 3 N–H and O–H groups in total. The quantitative estimate of drug-likeness (QED) is 0.673. The summed E-state index contributed by atoms with van der Waals surface area (Å²) in [5.74, 6) is 2.19. The van der Waals surface area contributed by atoms with Gasteiger partial charge in [-0.1, -0.05) is 42.5 Å². The molecule has 5 nitrogen and oxygen atoms in total. The Labute approximate surface area is 163 Å². The molecule has 0 bridgehead atoms. The van der Waals surface area contributed by atoms with Crippen molar-refractivity contribution >= 4 is 30.1 Å². The largest absolute Gasteiger partial charge is 0.489 e. The van der Waals surface area contributed by atoms with Crippen molar-refractivity contribution in [1.82, 2.24) is 10.6 Å². The molecule has 7 heteroatoms. The molecule has 2 atom stereocenters. The van der Waals surface area contributed by atoms with Gasteiger partial charge in [-0.3, -0.25) is 10.1 Å². The first-order valence-corrected chi connectivity index (χ1v) is 9.41. The smallest absolute Gasteiger partial charge is 0.238 e. The summed E-state index contributed by atoms with van der Waals surface area (Å²) in [5, 5.41) is 16.2. The molecule has 2 unspecified atom stereocenters. The third kappa shape index (κ3) is 5.92. The predicted molar refractivity (Wildman–Crippen MR) is 107 cm³/mol. The maximum atomic E-state index is 12.0. The second-order valence-electron chi connectivity index (χ2n) is 5.88. The minimum atomic E-state index is -0.765. The summed E-state index contributed by atoms with van der Waals surface area (Å²) in [7, 11) is 0. The van der Waals surface area contributed by atoms with E-state index in [1.54, 1.807) is 11.8 Å². The lowest BCUT2D eigenvalue weighted by Crippen LogP contribution is -2.43. The van der Waals surface area contributed by atoms with Crippen LogP contribution in [0.2, 0.25) is 0 Å². The van der Waals surface area contributed by atoms with Gasteiger partial charge in [0.2, 0.25) is 5.91 Å². The van der Waals surface area contributed by atoms with Gasteiger partial charge in [0.1, 0.15) is 12.4 Å². The van der Waals surface area contributed by atoms with E-state index in [2.05, 4.69) is 10.6 Å². The summed E-state index contributed by atoms with van der Waals surface area (Å²) in [5.41, 5.74) is 1.81. The summed E-state index contributed by atoms with van der Waals surface area (Å²) in [6.07, 6.45) is -0.765. The lowest BCUT2D eigenvalue weighted by molar-refractivity contribution is -0.122. The molecule has 1 amide bonds. The Hall–Kier alpha value is -1.73. The predicted octanol–water partition coefficient (Wildman–Crippen LogP) is 2.50. The molecule has 140 valence electrons. The highest BCUT2D eigenvalue weighted by Crippen LogP contribution is 2.20. The first kappa shape index (κ1) is 20.6. The number of thioether (sulfide) groups is 1. The van der Waals surface area contributed by atoms with Gasteiger partial charge < -0.3 is 15.2 Å². The molecule has 3 rings (SSSR count). The Morgan fingerprint density at radius 3 is 2.81 bits per heavy atom. The number of hydrogen-bond donors (Lipinski definition) is 3. The molecular formula is C19H23ClN2O3S. The summed E-state index contributed by atoms with van der Waals surface area (Å²) in [6.45, 7) is 0.659. The number of ether oxygens (including phenoxy) is 1. The molecular weight excluding hydrogens is 372 g/mol. The Morgan fingerprint density at radius 2 is 2.08 bits per heavy atom. The van der Waals surface area contributed by atoms with E-state index in [4.69, 9.17) is 4.74 Å². The van der Waals surface area contributed by atoms with Crippen LogP contribution in [-0.2, 0) is 11.4 Å². The minimum Gasteiger partial charge on any atom is -0.489 e. The fourth-order valence-corrected chi connectivity index (χ4v) is 3.50. The van der Waals surface area contributed by atoms with Crippen LogP contribution in [0.3, 0.4) is 0 Å². The van der Waals surface area contributed by atoms with Crippen LogP contribution in [0.25, 0.3) is 0 Å². The third-order valence-corrected chi connectivity index (χ3v) is 4.93. The van der Waals surface area contributed by atoms with Crippen molar-refractivity contribution in [3.63, 3.8) is 0 Å². The zero-order valence-electron chi connectivity index (χ0n) is 14.3. The van der Waals surface area contributed by atoms with Crippen molar-refractivity contribution in [3.05, 3.63) is 65.7 Å². The zero-order chi connectivity index (χ0) is 17.5. The molecule has 1 saturated heterocycles. The van der Waals surface area contributed by atoms with Gasteiger partial charge in [0.15, 0.2) is 0 Å². The van der Waals surface area contributed by atoms with E-state index in [0.29, 0.717) is 12.4 Å². The highest BCUT2D eigenvalue weighted by atomic mass is 35.5. The average Bonchev–Trinajstić information content (AvgIpc) is 3.20. The second-order valence-corrected chi connectivity index (χ2v) is 6.91. The third-order valence-electron chi connectivity index (χ3n) is 3.99. The highest BCUT2D eigenvalue weighted by Gasteiger charge is 2.22. The van der Waals surface area contributed by atoms with Crippen LogP contribution < -0.4 is 15.4 Å². The topological polar surface area (TPSA) is 70.6 Å². The van der Waals surface area contributed by atoms with Crippen LogP contribution in [-0.4, -0.2) is 35.2 Å². The van der Waals surface area contributed by atoms with Gasteiger partial charge in [-0.05, 0) is 23.3 Å². The molecule has 0 aliphatic carbocycles. The number of carbonyl (C=O) groups is 1. The Morgan fingerprint density at radius 1 is 1.27 bits per heavy atom. The molecule has 1 heterocycles. The Balaban J connectivity index is 0.00000243. The number of aliphatic hydroxyl groups is 1. The highest BCUT2D eigenvalue weighted by molar-refractivity contribution is 7.99.